The van der Waals surface area contributed by atoms with Gasteiger partial charge < -0.3 is 14.4 Å². The molecule has 3 aromatic rings. The molecule has 0 amide bonds. The molecule has 1 N–H and O–H groups in total. The van der Waals surface area contributed by atoms with Crippen molar-refractivity contribution >= 4 is 11.9 Å². The van der Waals surface area contributed by atoms with Crippen LogP contribution in [0.15, 0.2) is 53.1 Å². The Kier molecular flexibility index (Phi) is 9.34. The first-order valence-electron chi connectivity index (χ1n) is 11.7. The van der Waals surface area contributed by atoms with Crippen molar-refractivity contribution in [3.05, 3.63) is 82.5 Å². The number of carboxylic acid groups (broad SMARTS) is 1. The number of hydrogen-bond acceptors (Lipinski definition) is 6. The molecule has 0 spiro atoms. The van der Waals surface area contributed by atoms with Gasteiger partial charge in [0.15, 0.2) is 0 Å². The van der Waals surface area contributed by atoms with Crippen LogP contribution in [0.3, 0.4) is 0 Å². The van der Waals surface area contributed by atoms with E-state index in [0.29, 0.717) is 12.3 Å². The summed E-state index contributed by atoms with van der Waals surface area (Å²) in [6.07, 6.45) is 0.598. The normalized spacial score (nSPS) is 11.4. The van der Waals surface area contributed by atoms with Gasteiger partial charge in [0.2, 0.25) is 5.89 Å². The standard InChI is InChI=1S/C16H20N2O3.C12H16O2/c1-5-20-15(19)14-17-13(21-18-14)10-11-6-8-12(9-7-11)16(2,3)4;1-12(2,3)10-6-4-5-9(7-10)8-11(13)14/h6-9H,5,10H2,1-4H3;4-7H,8H2,1-3H3,(H,13,14). The van der Waals surface area contributed by atoms with Crippen LogP contribution < -0.4 is 0 Å². The number of benzene rings is 2. The highest BCUT2D eigenvalue weighted by molar-refractivity contribution is 5.84. The summed E-state index contributed by atoms with van der Waals surface area (Å²) < 4.78 is 9.89. The number of nitrogens with zero attached hydrogens (tertiary/aromatic N) is 2. The van der Waals surface area contributed by atoms with E-state index in [0.717, 1.165) is 11.1 Å². The SMILES string of the molecule is CC(C)(C)c1cccc(CC(=O)O)c1.CCOC(=O)c1noc(Cc2ccc(C(C)(C)C)cc2)n1. The number of carboxylic acids is 1. The first-order chi connectivity index (χ1) is 16.3. The van der Waals surface area contributed by atoms with E-state index >= 15 is 0 Å². The molecule has 7 heteroatoms. The van der Waals surface area contributed by atoms with Crippen molar-refractivity contribution in [1.82, 2.24) is 10.1 Å². The molecule has 0 unspecified atom stereocenters. The van der Waals surface area contributed by atoms with Gasteiger partial charge in [0.1, 0.15) is 0 Å². The molecule has 7 nitrogen and oxygen atoms in total. The zero-order valence-electron chi connectivity index (χ0n) is 21.7. The smallest absolute Gasteiger partial charge is 0.379 e. The van der Waals surface area contributed by atoms with Crippen molar-refractivity contribution in [3.63, 3.8) is 0 Å². The summed E-state index contributed by atoms with van der Waals surface area (Å²) in [4.78, 5) is 26.0. The van der Waals surface area contributed by atoms with Gasteiger partial charge in [-0.1, -0.05) is 90.1 Å². The van der Waals surface area contributed by atoms with Crippen LogP contribution in [0.1, 0.15) is 87.2 Å². The molecule has 0 saturated carbocycles. The van der Waals surface area contributed by atoms with Gasteiger partial charge >= 0.3 is 11.9 Å². The molecule has 0 bridgehead atoms. The maximum Gasteiger partial charge on any atom is 0.379 e. The summed E-state index contributed by atoms with van der Waals surface area (Å²) >= 11 is 0. The zero-order chi connectivity index (χ0) is 26.2. The summed E-state index contributed by atoms with van der Waals surface area (Å²) in [7, 11) is 0. The summed E-state index contributed by atoms with van der Waals surface area (Å²) in [5, 5.41) is 12.3. The Labute approximate surface area is 207 Å². The van der Waals surface area contributed by atoms with E-state index in [1.54, 1.807) is 6.92 Å². The Morgan fingerprint density at radius 1 is 0.914 bits per heavy atom. The Morgan fingerprint density at radius 2 is 1.54 bits per heavy atom. The predicted octanol–water partition coefficient (Wildman–Crippen LogP) is 5.75. The van der Waals surface area contributed by atoms with Crippen molar-refractivity contribution in [2.75, 3.05) is 6.61 Å². The lowest BCUT2D eigenvalue weighted by atomic mass is 9.86. The monoisotopic (exact) mass is 480 g/mol. The maximum absolute atomic E-state index is 11.5. The van der Waals surface area contributed by atoms with Gasteiger partial charge in [0.25, 0.3) is 5.82 Å². The summed E-state index contributed by atoms with van der Waals surface area (Å²) in [5.41, 5.74) is 4.57. The molecule has 0 radical (unpaired) electrons. The van der Waals surface area contributed by atoms with E-state index in [9.17, 15) is 9.59 Å². The molecular weight excluding hydrogens is 444 g/mol. The van der Waals surface area contributed by atoms with Crippen LogP contribution in [0.4, 0.5) is 0 Å². The quantitative estimate of drug-likeness (QED) is 0.448. The molecule has 0 aliphatic rings. The molecule has 188 valence electrons. The molecule has 0 atom stereocenters. The lowest BCUT2D eigenvalue weighted by molar-refractivity contribution is -0.136. The van der Waals surface area contributed by atoms with Gasteiger partial charge in [-0.3, -0.25) is 4.79 Å². The van der Waals surface area contributed by atoms with Gasteiger partial charge in [-0.05, 0) is 45.2 Å². The number of aliphatic carboxylic acids is 1. The molecule has 1 heterocycles. The molecule has 1 aromatic heterocycles. The highest BCUT2D eigenvalue weighted by atomic mass is 16.5. The van der Waals surface area contributed by atoms with Crippen LogP contribution in [0.5, 0.6) is 0 Å². The average molecular weight is 481 g/mol. The number of carbonyl (C=O) groups excluding carboxylic acids is 1. The third-order valence-electron chi connectivity index (χ3n) is 5.25. The van der Waals surface area contributed by atoms with Crippen LogP contribution >= 0.6 is 0 Å². The molecule has 0 fully saturated rings. The Bertz CT molecular complexity index is 1120. The number of carbonyl (C=O) groups is 2. The zero-order valence-corrected chi connectivity index (χ0v) is 21.7. The van der Waals surface area contributed by atoms with Gasteiger partial charge in [-0.15, -0.1) is 0 Å². The van der Waals surface area contributed by atoms with Crippen molar-refractivity contribution in [1.29, 1.82) is 0 Å². The molecule has 3 rings (SSSR count). The van der Waals surface area contributed by atoms with Crippen molar-refractivity contribution in [2.45, 2.75) is 72.1 Å². The highest BCUT2D eigenvalue weighted by Crippen LogP contribution is 2.23. The van der Waals surface area contributed by atoms with Crippen LogP contribution in [-0.4, -0.2) is 33.8 Å². The van der Waals surface area contributed by atoms with Crippen LogP contribution in [0.25, 0.3) is 0 Å². The Hall–Kier alpha value is -3.48. The van der Waals surface area contributed by atoms with E-state index in [1.807, 2.05) is 36.4 Å². The second-order valence-corrected chi connectivity index (χ2v) is 10.4. The third kappa shape index (κ3) is 9.00. The number of esters is 1. The summed E-state index contributed by atoms with van der Waals surface area (Å²) in [6.45, 7) is 14.9. The maximum atomic E-state index is 11.5. The first kappa shape index (κ1) is 27.8. The molecule has 35 heavy (non-hydrogen) atoms. The molecule has 0 saturated heterocycles. The first-order valence-corrected chi connectivity index (χ1v) is 11.7. The Balaban J connectivity index is 0.000000269. The lowest BCUT2D eigenvalue weighted by Gasteiger charge is -2.19. The predicted molar refractivity (Wildman–Crippen MR) is 135 cm³/mol. The van der Waals surface area contributed by atoms with Crippen LogP contribution in [0.2, 0.25) is 0 Å². The second-order valence-electron chi connectivity index (χ2n) is 10.4. The number of ether oxygens (including phenoxy) is 1. The average Bonchev–Trinajstić information content (AvgIpc) is 3.22. The molecular formula is C28H36N2O5. The molecule has 2 aromatic carbocycles. The van der Waals surface area contributed by atoms with Crippen molar-refractivity contribution in [3.8, 4) is 0 Å². The fraction of sp³-hybridized carbons (Fsp3) is 0.429. The minimum absolute atomic E-state index is 0.0295. The fourth-order valence-corrected chi connectivity index (χ4v) is 3.22. The summed E-state index contributed by atoms with van der Waals surface area (Å²) in [5.74, 6) is -0.966. The van der Waals surface area contributed by atoms with E-state index in [2.05, 4.69) is 63.8 Å². The Morgan fingerprint density at radius 3 is 2.09 bits per heavy atom. The highest BCUT2D eigenvalue weighted by Gasteiger charge is 2.17. The fourth-order valence-electron chi connectivity index (χ4n) is 3.22. The molecule has 0 aliphatic heterocycles. The largest absolute Gasteiger partial charge is 0.481 e. The number of hydrogen-bond donors (Lipinski definition) is 1. The van der Waals surface area contributed by atoms with Gasteiger partial charge in [-0.2, -0.15) is 4.98 Å². The van der Waals surface area contributed by atoms with Crippen LogP contribution in [0, 0.1) is 0 Å². The minimum Gasteiger partial charge on any atom is -0.481 e. The van der Waals surface area contributed by atoms with E-state index in [1.165, 1.54) is 11.1 Å². The van der Waals surface area contributed by atoms with Gasteiger partial charge in [-0.25, -0.2) is 4.79 Å². The summed E-state index contributed by atoms with van der Waals surface area (Å²) in [6, 6.07) is 16.0. The lowest BCUT2D eigenvalue weighted by Crippen LogP contribution is -2.11. The van der Waals surface area contributed by atoms with E-state index in [-0.39, 0.29) is 29.7 Å². The minimum atomic E-state index is -0.781. The van der Waals surface area contributed by atoms with E-state index < -0.39 is 11.9 Å². The van der Waals surface area contributed by atoms with Crippen molar-refractivity contribution in [2.24, 2.45) is 0 Å². The van der Waals surface area contributed by atoms with E-state index in [4.69, 9.17) is 14.4 Å². The second kappa shape index (κ2) is 11.8. The molecule has 0 aliphatic carbocycles. The van der Waals surface area contributed by atoms with Crippen molar-refractivity contribution < 1.29 is 24.0 Å². The van der Waals surface area contributed by atoms with Gasteiger partial charge in [0.05, 0.1) is 19.4 Å². The number of aromatic nitrogens is 2. The topological polar surface area (TPSA) is 103 Å². The third-order valence-corrected chi connectivity index (χ3v) is 5.25. The van der Waals surface area contributed by atoms with Crippen LogP contribution in [-0.2, 0) is 33.2 Å². The number of rotatable bonds is 6. The van der Waals surface area contributed by atoms with Gasteiger partial charge in [0, 0.05) is 0 Å².